The van der Waals surface area contributed by atoms with Crippen LogP contribution in [0, 0.1) is 5.82 Å². The van der Waals surface area contributed by atoms with E-state index in [9.17, 15) is 17.0 Å². The number of hydrogen-bond donors (Lipinski definition) is 1. The summed E-state index contributed by atoms with van der Waals surface area (Å²) in [6.07, 6.45) is 1.09. The first-order valence-electron chi connectivity index (χ1n) is 4.84. The Balaban J connectivity index is 2.59. The molecule has 0 aliphatic rings. The van der Waals surface area contributed by atoms with E-state index >= 15 is 0 Å². The molecule has 0 amide bonds. The minimum Gasteiger partial charge on any atom is -0.396 e. The summed E-state index contributed by atoms with van der Waals surface area (Å²) < 4.78 is 46.4. The van der Waals surface area contributed by atoms with Crippen molar-refractivity contribution in [1.82, 2.24) is 0 Å². The van der Waals surface area contributed by atoms with Crippen molar-refractivity contribution in [3.63, 3.8) is 0 Å². The summed E-state index contributed by atoms with van der Waals surface area (Å²) in [4.78, 5) is 0. The van der Waals surface area contributed by atoms with E-state index in [2.05, 4.69) is 0 Å². The van der Waals surface area contributed by atoms with Crippen LogP contribution in [0.4, 0.5) is 10.1 Å². The highest BCUT2D eigenvalue weighted by Gasteiger charge is 2.08. The van der Waals surface area contributed by atoms with E-state index in [0.717, 1.165) is 6.26 Å². The molecule has 4 nitrogen and oxygen atoms in total. The summed E-state index contributed by atoms with van der Waals surface area (Å²) in [5.41, 5.74) is 5.89. The summed E-state index contributed by atoms with van der Waals surface area (Å²) in [5, 5.41) is 0. The van der Waals surface area contributed by atoms with Gasteiger partial charge in [0.15, 0.2) is 0 Å². The minimum absolute atomic E-state index is 0.0377. The predicted octanol–water partition coefficient (Wildman–Crippen LogP) is 0.701. The van der Waals surface area contributed by atoms with Gasteiger partial charge < -0.3 is 5.73 Å². The maximum absolute atomic E-state index is 13.1. The lowest BCUT2D eigenvalue weighted by Gasteiger charge is -2.03. The molecule has 96 valence electrons. The van der Waals surface area contributed by atoms with Gasteiger partial charge in [-0.05, 0) is 17.7 Å². The second-order valence-corrected chi connectivity index (χ2v) is 7.61. The first kappa shape index (κ1) is 14.1. The maximum Gasteiger partial charge on any atom is 0.148 e. The van der Waals surface area contributed by atoms with Gasteiger partial charge in [-0.3, -0.25) is 4.21 Å². The summed E-state index contributed by atoms with van der Waals surface area (Å²) in [7, 11) is -4.43. The molecule has 0 heterocycles. The molecule has 2 N–H and O–H groups in total. The van der Waals surface area contributed by atoms with E-state index < -0.39 is 26.5 Å². The highest BCUT2D eigenvalue weighted by molar-refractivity contribution is 7.92. The number of hydrogen-bond acceptors (Lipinski definition) is 4. The van der Waals surface area contributed by atoms with E-state index in [-0.39, 0.29) is 22.9 Å². The summed E-state index contributed by atoms with van der Waals surface area (Å²) >= 11 is 0. The number of nitrogen functional groups attached to an aromatic ring is 1. The monoisotopic (exact) mass is 279 g/mol. The molecule has 0 saturated heterocycles. The van der Waals surface area contributed by atoms with Crippen molar-refractivity contribution in [2.24, 2.45) is 0 Å². The van der Waals surface area contributed by atoms with Crippen LogP contribution in [0.15, 0.2) is 18.2 Å². The molecule has 1 rings (SSSR count). The fraction of sp³-hybridized carbons (Fsp3) is 0.400. The van der Waals surface area contributed by atoms with Crippen LogP contribution in [-0.2, 0) is 26.4 Å². The van der Waals surface area contributed by atoms with E-state index in [1.54, 1.807) is 6.07 Å². The standard InChI is InChI=1S/C10H14FNO3S2/c1-17(14,15)5-4-16(13)7-8-2-3-10(12)9(11)6-8/h2-3,6H,4-5,7,12H2,1H3. The van der Waals surface area contributed by atoms with E-state index in [1.165, 1.54) is 12.1 Å². The third-order valence-electron chi connectivity index (χ3n) is 2.07. The molecule has 0 aliphatic carbocycles. The van der Waals surface area contributed by atoms with Crippen LogP contribution >= 0.6 is 0 Å². The molecule has 7 heteroatoms. The molecular weight excluding hydrogens is 265 g/mol. The van der Waals surface area contributed by atoms with Crippen molar-refractivity contribution in [3.05, 3.63) is 29.6 Å². The molecular formula is C10H14FNO3S2. The lowest BCUT2D eigenvalue weighted by molar-refractivity contribution is 0.602. The zero-order valence-electron chi connectivity index (χ0n) is 9.35. The predicted molar refractivity (Wildman–Crippen MR) is 67.2 cm³/mol. The molecule has 0 spiro atoms. The Bertz CT molecular complexity index is 528. The van der Waals surface area contributed by atoms with Crippen molar-refractivity contribution >= 4 is 26.3 Å². The van der Waals surface area contributed by atoms with Crippen LogP contribution in [0.25, 0.3) is 0 Å². The Morgan fingerprint density at radius 3 is 2.59 bits per heavy atom. The van der Waals surface area contributed by atoms with Gasteiger partial charge in [-0.15, -0.1) is 0 Å². The van der Waals surface area contributed by atoms with Gasteiger partial charge in [0.05, 0.1) is 11.4 Å². The zero-order chi connectivity index (χ0) is 13.1. The molecule has 1 atom stereocenters. The van der Waals surface area contributed by atoms with Crippen molar-refractivity contribution in [2.75, 3.05) is 23.5 Å². The first-order valence-corrected chi connectivity index (χ1v) is 8.39. The molecule has 0 saturated carbocycles. The molecule has 1 unspecified atom stereocenters. The molecule has 1 aromatic rings. The topological polar surface area (TPSA) is 77.2 Å². The number of benzene rings is 1. The number of nitrogens with two attached hydrogens (primary N) is 1. The van der Waals surface area contributed by atoms with Crippen LogP contribution in [0.5, 0.6) is 0 Å². The van der Waals surface area contributed by atoms with Crippen molar-refractivity contribution in [3.8, 4) is 0 Å². The fourth-order valence-electron chi connectivity index (χ4n) is 1.16. The van der Waals surface area contributed by atoms with Crippen molar-refractivity contribution in [2.45, 2.75) is 5.75 Å². The van der Waals surface area contributed by atoms with Gasteiger partial charge in [-0.2, -0.15) is 0 Å². The highest BCUT2D eigenvalue weighted by Crippen LogP contribution is 2.13. The first-order chi connectivity index (χ1) is 7.78. The van der Waals surface area contributed by atoms with Crippen molar-refractivity contribution < 1.29 is 17.0 Å². The van der Waals surface area contributed by atoms with E-state index in [4.69, 9.17) is 5.73 Å². The molecule has 0 bridgehead atoms. The van der Waals surface area contributed by atoms with E-state index in [1.807, 2.05) is 0 Å². The third-order valence-corrected chi connectivity index (χ3v) is 4.59. The van der Waals surface area contributed by atoms with E-state index in [0.29, 0.717) is 5.56 Å². The average molecular weight is 279 g/mol. The SMILES string of the molecule is CS(=O)(=O)CCS(=O)Cc1ccc(N)c(F)c1. The Morgan fingerprint density at radius 1 is 1.41 bits per heavy atom. The zero-order valence-corrected chi connectivity index (χ0v) is 11.0. The summed E-state index contributed by atoms with van der Waals surface area (Å²) in [6, 6.07) is 4.20. The van der Waals surface area contributed by atoms with Gasteiger partial charge in [0.1, 0.15) is 15.7 Å². The Labute approximate surface area is 102 Å². The molecule has 0 aliphatic heterocycles. The highest BCUT2D eigenvalue weighted by atomic mass is 32.2. The quantitative estimate of drug-likeness (QED) is 0.805. The van der Waals surface area contributed by atoms with Crippen LogP contribution < -0.4 is 5.73 Å². The van der Waals surface area contributed by atoms with Gasteiger partial charge in [0, 0.05) is 28.6 Å². The van der Waals surface area contributed by atoms with Gasteiger partial charge in [-0.1, -0.05) is 6.07 Å². The normalized spacial score (nSPS) is 13.5. The van der Waals surface area contributed by atoms with Gasteiger partial charge in [0.2, 0.25) is 0 Å². The lowest BCUT2D eigenvalue weighted by atomic mass is 10.2. The fourth-order valence-corrected chi connectivity index (χ4v) is 3.81. The number of anilines is 1. The largest absolute Gasteiger partial charge is 0.396 e. The number of sulfone groups is 1. The third kappa shape index (κ3) is 5.27. The number of rotatable bonds is 5. The summed E-state index contributed by atoms with van der Waals surface area (Å²) in [6.45, 7) is 0. The molecule has 0 aromatic heterocycles. The van der Waals surface area contributed by atoms with Gasteiger partial charge in [0.25, 0.3) is 0 Å². The lowest BCUT2D eigenvalue weighted by Crippen LogP contribution is -2.12. The molecule has 17 heavy (non-hydrogen) atoms. The van der Waals surface area contributed by atoms with Crippen molar-refractivity contribution in [1.29, 1.82) is 0 Å². The van der Waals surface area contributed by atoms with Crippen LogP contribution in [0.3, 0.4) is 0 Å². The molecule has 0 radical (unpaired) electrons. The van der Waals surface area contributed by atoms with Gasteiger partial charge >= 0.3 is 0 Å². The average Bonchev–Trinajstić information content (AvgIpc) is 2.20. The Morgan fingerprint density at radius 2 is 2.06 bits per heavy atom. The van der Waals surface area contributed by atoms with Gasteiger partial charge in [-0.25, -0.2) is 12.8 Å². The molecule has 0 fully saturated rings. The van der Waals surface area contributed by atoms with Crippen LogP contribution in [0.1, 0.15) is 5.56 Å². The summed E-state index contributed by atoms with van der Waals surface area (Å²) in [5.74, 6) is -0.489. The van der Waals surface area contributed by atoms with Crippen LogP contribution in [-0.4, -0.2) is 30.4 Å². The second-order valence-electron chi connectivity index (χ2n) is 3.77. The maximum atomic E-state index is 13.1. The molecule has 1 aromatic carbocycles. The Kier molecular flexibility index (Phi) is 4.64. The second kappa shape index (κ2) is 5.59. The number of halogens is 1. The van der Waals surface area contributed by atoms with Crippen LogP contribution in [0.2, 0.25) is 0 Å². The Hall–Kier alpha value is -0.950. The minimum atomic E-state index is -3.11. The smallest absolute Gasteiger partial charge is 0.148 e.